The van der Waals surface area contributed by atoms with Crippen molar-refractivity contribution in [1.29, 1.82) is 0 Å². The third-order valence-electron chi connectivity index (χ3n) is 5.53. The maximum Gasteiger partial charge on any atom is 0.270 e. The summed E-state index contributed by atoms with van der Waals surface area (Å²) in [4.78, 5) is 37.7. The Hall–Kier alpha value is -4.11. The van der Waals surface area contributed by atoms with Gasteiger partial charge < -0.3 is 4.42 Å². The van der Waals surface area contributed by atoms with Gasteiger partial charge in [0.25, 0.3) is 17.5 Å². The lowest BCUT2D eigenvalue weighted by atomic mass is 10.0. The van der Waals surface area contributed by atoms with Gasteiger partial charge in [-0.25, -0.2) is 0 Å². The average Bonchev–Trinajstić information content (AvgIpc) is 3.25. The number of hydrogen-bond acceptors (Lipinski definition) is 6. The smallest absolute Gasteiger partial charge is 0.270 e. The van der Waals surface area contributed by atoms with Crippen molar-refractivity contribution in [2.24, 2.45) is 0 Å². The number of carbonyl (C=O) groups is 2. The molecule has 1 N–H and O–H groups in total. The van der Waals surface area contributed by atoms with Crippen LogP contribution < -0.4 is 10.2 Å². The number of amides is 2. The second kappa shape index (κ2) is 9.03. The number of nitrogens with one attached hydrogen (secondary N) is 1. The lowest BCUT2D eigenvalue weighted by Gasteiger charge is -2.29. The van der Waals surface area contributed by atoms with Crippen molar-refractivity contribution in [1.82, 2.24) is 5.32 Å². The molecule has 2 heterocycles. The summed E-state index contributed by atoms with van der Waals surface area (Å²) < 4.78 is 5.81. The number of nitro groups is 1. The van der Waals surface area contributed by atoms with E-state index < -0.39 is 16.7 Å². The molecule has 1 aliphatic heterocycles. The summed E-state index contributed by atoms with van der Waals surface area (Å²) in [6.45, 7) is 5.94. The molecule has 4 rings (SSSR count). The van der Waals surface area contributed by atoms with Gasteiger partial charge in [-0.05, 0) is 66.5 Å². The fourth-order valence-corrected chi connectivity index (χ4v) is 3.89. The van der Waals surface area contributed by atoms with Crippen LogP contribution in [0.25, 0.3) is 17.4 Å². The number of hydrogen-bond donors (Lipinski definition) is 1. The Morgan fingerprint density at radius 3 is 2.44 bits per heavy atom. The summed E-state index contributed by atoms with van der Waals surface area (Å²) in [5, 5.41) is 13.7. The predicted octanol–water partition coefficient (Wildman–Crippen LogP) is 5.12. The number of aryl methyl sites for hydroxylation is 1. The summed E-state index contributed by atoms with van der Waals surface area (Å²) in [5.41, 5.74) is 2.78. The van der Waals surface area contributed by atoms with Gasteiger partial charge in [0.1, 0.15) is 17.1 Å². The van der Waals surface area contributed by atoms with Gasteiger partial charge in [-0.15, -0.1) is 0 Å². The summed E-state index contributed by atoms with van der Waals surface area (Å²) in [6.07, 6.45) is 1.34. The van der Waals surface area contributed by atoms with E-state index in [-0.39, 0.29) is 22.1 Å². The van der Waals surface area contributed by atoms with Crippen molar-refractivity contribution >= 4 is 46.6 Å². The number of nitrogens with zero attached hydrogens (tertiary/aromatic N) is 2. The van der Waals surface area contributed by atoms with Gasteiger partial charge in [0.05, 0.1) is 10.6 Å². The molecule has 34 heavy (non-hydrogen) atoms. The summed E-state index contributed by atoms with van der Waals surface area (Å²) in [5.74, 6) is -0.239. The maximum atomic E-state index is 13.2. The molecule has 1 aromatic heterocycles. The van der Waals surface area contributed by atoms with Gasteiger partial charge in [-0.3, -0.25) is 29.9 Å². The molecular formula is C25H21N3O5S. The van der Waals surface area contributed by atoms with Crippen LogP contribution in [0.5, 0.6) is 0 Å². The first kappa shape index (κ1) is 23.1. The molecule has 0 spiro atoms. The second-order valence-electron chi connectivity index (χ2n) is 8.16. The predicted molar refractivity (Wildman–Crippen MR) is 132 cm³/mol. The minimum Gasteiger partial charge on any atom is -0.457 e. The highest BCUT2D eigenvalue weighted by Gasteiger charge is 2.34. The SMILES string of the molecule is Cc1ccc([N+](=O)[O-])cc1-c1ccc(/C=C2\C(=O)NC(=S)N(c3ccc(C(C)C)cc3)C2=O)o1. The molecule has 1 fully saturated rings. The first-order valence-electron chi connectivity index (χ1n) is 10.5. The Balaban J connectivity index is 1.67. The number of nitro benzene ring substituents is 1. The van der Waals surface area contributed by atoms with Gasteiger partial charge in [0.15, 0.2) is 5.11 Å². The quantitative estimate of drug-likeness (QED) is 0.181. The highest BCUT2D eigenvalue weighted by atomic mass is 32.1. The molecular weight excluding hydrogens is 454 g/mol. The van der Waals surface area contributed by atoms with Crippen LogP contribution in [0.4, 0.5) is 11.4 Å². The zero-order valence-electron chi connectivity index (χ0n) is 18.7. The molecule has 2 aromatic carbocycles. The Morgan fingerprint density at radius 2 is 1.79 bits per heavy atom. The van der Waals surface area contributed by atoms with E-state index in [2.05, 4.69) is 19.2 Å². The third-order valence-corrected chi connectivity index (χ3v) is 5.82. The number of thiocarbonyl (C=S) groups is 1. The van der Waals surface area contributed by atoms with Crippen LogP contribution in [-0.2, 0) is 9.59 Å². The van der Waals surface area contributed by atoms with Crippen LogP contribution in [0.2, 0.25) is 0 Å². The van der Waals surface area contributed by atoms with Crippen LogP contribution >= 0.6 is 12.2 Å². The lowest BCUT2D eigenvalue weighted by molar-refractivity contribution is -0.384. The number of furan rings is 1. The van der Waals surface area contributed by atoms with E-state index in [0.29, 0.717) is 22.9 Å². The van der Waals surface area contributed by atoms with Gasteiger partial charge in [-0.1, -0.05) is 32.0 Å². The summed E-state index contributed by atoms with van der Waals surface area (Å²) >= 11 is 5.25. The van der Waals surface area contributed by atoms with Crippen LogP contribution in [0.3, 0.4) is 0 Å². The number of non-ortho nitro benzene ring substituents is 1. The first-order chi connectivity index (χ1) is 16.2. The van der Waals surface area contributed by atoms with Crippen LogP contribution in [0, 0.1) is 17.0 Å². The van der Waals surface area contributed by atoms with Gasteiger partial charge in [0, 0.05) is 17.7 Å². The number of carbonyl (C=O) groups excluding carboxylic acids is 2. The summed E-state index contributed by atoms with van der Waals surface area (Å²) in [6, 6.07) is 15.1. The normalized spacial score (nSPS) is 15.2. The van der Waals surface area contributed by atoms with E-state index >= 15 is 0 Å². The van der Waals surface area contributed by atoms with E-state index in [1.54, 1.807) is 37.3 Å². The highest BCUT2D eigenvalue weighted by Crippen LogP contribution is 2.30. The van der Waals surface area contributed by atoms with Crippen molar-refractivity contribution in [3.63, 3.8) is 0 Å². The molecule has 1 saturated heterocycles. The molecule has 0 saturated carbocycles. The molecule has 2 amide bonds. The first-order valence-corrected chi connectivity index (χ1v) is 10.9. The molecule has 3 aromatic rings. The number of rotatable bonds is 5. The highest BCUT2D eigenvalue weighted by molar-refractivity contribution is 7.80. The van der Waals surface area contributed by atoms with Gasteiger partial charge in [0.2, 0.25) is 0 Å². The van der Waals surface area contributed by atoms with E-state index in [4.69, 9.17) is 16.6 Å². The van der Waals surface area contributed by atoms with Crippen molar-refractivity contribution in [2.75, 3.05) is 4.90 Å². The molecule has 172 valence electrons. The Labute approximate surface area is 201 Å². The number of anilines is 1. The lowest BCUT2D eigenvalue weighted by Crippen LogP contribution is -2.54. The minimum absolute atomic E-state index is 0.00296. The minimum atomic E-state index is -0.630. The maximum absolute atomic E-state index is 13.2. The molecule has 0 radical (unpaired) electrons. The monoisotopic (exact) mass is 475 g/mol. The van der Waals surface area contributed by atoms with E-state index in [9.17, 15) is 19.7 Å². The summed E-state index contributed by atoms with van der Waals surface area (Å²) in [7, 11) is 0. The van der Waals surface area contributed by atoms with Crippen molar-refractivity contribution in [3.8, 4) is 11.3 Å². The second-order valence-corrected chi connectivity index (χ2v) is 8.55. The molecule has 8 nitrogen and oxygen atoms in total. The third kappa shape index (κ3) is 4.38. The zero-order valence-corrected chi connectivity index (χ0v) is 19.5. The molecule has 0 aliphatic carbocycles. The van der Waals surface area contributed by atoms with Crippen LogP contribution in [-0.4, -0.2) is 21.9 Å². The fraction of sp³-hybridized carbons (Fsp3) is 0.160. The van der Waals surface area contributed by atoms with Crippen LogP contribution in [0.1, 0.15) is 36.7 Å². The largest absolute Gasteiger partial charge is 0.457 e. The van der Waals surface area contributed by atoms with Crippen molar-refractivity contribution < 1.29 is 18.9 Å². The van der Waals surface area contributed by atoms with E-state index in [1.165, 1.54) is 23.1 Å². The molecule has 0 atom stereocenters. The molecule has 9 heteroatoms. The zero-order chi connectivity index (χ0) is 24.6. The van der Waals surface area contributed by atoms with Crippen molar-refractivity contribution in [3.05, 3.63) is 87.2 Å². The van der Waals surface area contributed by atoms with E-state index in [1.807, 2.05) is 12.1 Å². The standard InChI is InChI=1S/C25H21N3O5S/c1-14(2)16-5-8-17(9-6-16)27-24(30)21(23(29)26-25(27)34)13-19-10-11-22(33-19)20-12-18(28(31)32)7-4-15(20)3/h4-14H,1-3H3,(H,26,29,34)/b21-13+. The number of benzene rings is 2. The average molecular weight is 476 g/mol. The van der Waals surface area contributed by atoms with Crippen molar-refractivity contribution in [2.45, 2.75) is 26.7 Å². The van der Waals surface area contributed by atoms with E-state index in [0.717, 1.165) is 11.1 Å². The molecule has 0 bridgehead atoms. The van der Waals surface area contributed by atoms with Gasteiger partial charge >= 0.3 is 0 Å². The Kier molecular flexibility index (Phi) is 6.12. The Bertz CT molecular complexity index is 1360. The topological polar surface area (TPSA) is 106 Å². The van der Waals surface area contributed by atoms with Crippen LogP contribution in [0.15, 0.2) is 64.6 Å². The Morgan fingerprint density at radius 1 is 1.09 bits per heavy atom. The fourth-order valence-electron chi connectivity index (χ4n) is 3.61. The van der Waals surface area contributed by atoms with Gasteiger partial charge in [-0.2, -0.15) is 0 Å². The molecule has 0 unspecified atom stereocenters. The molecule has 1 aliphatic rings.